The molecule has 3 rings (SSSR count). The van der Waals surface area contributed by atoms with E-state index in [1.165, 1.54) is 0 Å². The molecule has 0 aliphatic heterocycles. The van der Waals surface area contributed by atoms with E-state index >= 15 is 0 Å². The van der Waals surface area contributed by atoms with Crippen molar-refractivity contribution < 1.29 is 33.8 Å². The Morgan fingerprint density at radius 1 is 1.18 bits per heavy atom. The number of pyridine rings is 1. The molecule has 3 N–H and O–H groups in total. The summed E-state index contributed by atoms with van der Waals surface area (Å²) in [4.78, 5) is 59.6. The van der Waals surface area contributed by atoms with Crippen molar-refractivity contribution in [3.63, 3.8) is 0 Å². The minimum Gasteiger partial charge on any atom is -0.478 e. The van der Waals surface area contributed by atoms with Crippen LogP contribution in [-0.2, 0) is 35.1 Å². The number of fused-ring (bicyclic) bond motifs is 1. The highest BCUT2D eigenvalue weighted by Gasteiger charge is 2.40. The van der Waals surface area contributed by atoms with E-state index in [2.05, 4.69) is 40.2 Å². The Hall–Kier alpha value is -3.47. The van der Waals surface area contributed by atoms with Gasteiger partial charge in [0.15, 0.2) is 5.65 Å². The number of H-pyrrole nitrogens is 1. The van der Waals surface area contributed by atoms with Gasteiger partial charge in [-0.1, -0.05) is 37.1 Å². The quantitative estimate of drug-likeness (QED) is 0.299. The molecule has 0 saturated heterocycles. The van der Waals surface area contributed by atoms with Gasteiger partial charge in [0, 0.05) is 33.0 Å². The van der Waals surface area contributed by atoms with Gasteiger partial charge < -0.3 is 24.9 Å². The Morgan fingerprint density at radius 2 is 1.84 bits per heavy atom. The smallest absolute Gasteiger partial charge is 0.349 e. The van der Waals surface area contributed by atoms with Gasteiger partial charge >= 0.3 is 17.9 Å². The van der Waals surface area contributed by atoms with E-state index in [1.54, 1.807) is 12.3 Å². The maximum Gasteiger partial charge on any atom is 0.349 e. The van der Waals surface area contributed by atoms with Crippen molar-refractivity contribution in [1.82, 2.24) is 20.3 Å². The average Bonchev–Trinajstić information content (AvgIpc) is 3.21. The van der Waals surface area contributed by atoms with E-state index in [1.807, 2.05) is 6.92 Å². The summed E-state index contributed by atoms with van der Waals surface area (Å²) in [5.41, 5.74) is 2.53. The van der Waals surface area contributed by atoms with E-state index in [0.29, 0.717) is 17.1 Å². The Morgan fingerprint density at radius 3 is 2.45 bits per heavy atom. The molecule has 1 aliphatic rings. The first-order chi connectivity index (χ1) is 17.8. The van der Waals surface area contributed by atoms with E-state index in [9.17, 15) is 24.3 Å². The fourth-order valence-corrected chi connectivity index (χ4v) is 5.09. The predicted octanol–water partition coefficient (Wildman–Crippen LogP) is 3.07. The van der Waals surface area contributed by atoms with Gasteiger partial charge in [0.2, 0.25) is 12.2 Å². The number of aromatic nitrogens is 3. The van der Waals surface area contributed by atoms with Gasteiger partial charge in [-0.2, -0.15) is 0 Å². The van der Waals surface area contributed by atoms with Crippen molar-refractivity contribution >= 4 is 46.6 Å². The van der Waals surface area contributed by atoms with E-state index in [4.69, 9.17) is 21.1 Å². The molecule has 2 aromatic rings. The number of carboxylic acids is 1. The Kier molecular flexibility index (Phi) is 9.48. The van der Waals surface area contributed by atoms with Crippen LogP contribution in [0.4, 0.5) is 0 Å². The van der Waals surface area contributed by atoms with Crippen molar-refractivity contribution in [3.8, 4) is 0 Å². The standard InChI is InChI=1S/C26H33ClN4O7/c1-12(2)19-7-16(8-21-30-20-9-18(27)11-28-24(20)31-21)13(3)6-17(19)10-29-25(34)22(37-14(4)32)23(26(35)36)38-15(5)33/h6,9,11-12,16-17,19,22-23H,7-8,10H2,1-5H3,(H,29,34)(H,35,36)(H,28,30,31)/t16-,17-,19-,22-,23-/m0/s1. The third-order valence-electron chi connectivity index (χ3n) is 6.75. The summed E-state index contributed by atoms with van der Waals surface area (Å²) in [6, 6.07) is 1.79. The number of carbonyl (C=O) groups is 4. The maximum atomic E-state index is 12.9. The highest BCUT2D eigenvalue weighted by Crippen LogP contribution is 2.38. The number of carboxylic acid groups (broad SMARTS) is 1. The molecule has 2 heterocycles. The number of allylic oxidation sites excluding steroid dienone is 1. The zero-order chi connectivity index (χ0) is 28.1. The lowest BCUT2D eigenvalue weighted by molar-refractivity contribution is -0.180. The number of halogens is 1. The molecular weight excluding hydrogens is 516 g/mol. The number of rotatable bonds is 10. The molecule has 0 spiro atoms. The summed E-state index contributed by atoms with van der Waals surface area (Å²) in [6.45, 7) is 8.51. The maximum absolute atomic E-state index is 12.9. The summed E-state index contributed by atoms with van der Waals surface area (Å²) >= 11 is 6.04. The fourth-order valence-electron chi connectivity index (χ4n) is 4.93. The number of carbonyl (C=O) groups excluding carboxylic acids is 3. The lowest BCUT2D eigenvalue weighted by atomic mass is 9.69. The minimum atomic E-state index is -1.96. The number of nitrogens with one attached hydrogen (secondary N) is 2. The van der Waals surface area contributed by atoms with Crippen LogP contribution in [0, 0.1) is 23.7 Å². The van der Waals surface area contributed by atoms with Crippen LogP contribution in [0.25, 0.3) is 11.2 Å². The monoisotopic (exact) mass is 548 g/mol. The molecule has 0 aromatic carbocycles. The Labute approximate surface area is 225 Å². The zero-order valence-corrected chi connectivity index (χ0v) is 22.7. The van der Waals surface area contributed by atoms with Gasteiger partial charge in [0.25, 0.3) is 5.91 Å². The normalized spacial score (nSPS) is 20.9. The highest BCUT2D eigenvalue weighted by atomic mass is 35.5. The first-order valence-electron chi connectivity index (χ1n) is 12.4. The van der Waals surface area contributed by atoms with Crippen LogP contribution in [0.15, 0.2) is 23.9 Å². The van der Waals surface area contributed by atoms with E-state index in [-0.39, 0.29) is 30.2 Å². The van der Waals surface area contributed by atoms with Crippen LogP contribution >= 0.6 is 11.6 Å². The number of aliphatic carboxylic acids is 1. The molecule has 38 heavy (non-hydrogen) atoms. The van der Waals surface area contributed by atoms with Crippen molar-refractivity contribution in [3.05, 3.63) is 34.8 Å². The summed E-state index contributed by atoms with van der Waals surface area (Å²) in [5.74, 6) is -2.74. The molecule has 12 heteroatoms. The predicted molar refractivity (Wildman–Crippen MR) is 138 cm³/mol. The molecule has 206 valence electrons. The summed E-state index contributed by atoms with van der Waals surface area (Å²) in [6.07, 6.45) is 1.45. The molecule has 0 unspecified atom stereocenters. The van der Waals surface area contributed by atoms with Crippen LogP contribution in [0.3, 0.4) is 0 Å². The van der Waals surface area contributed by atoms with Crippen molar-refractivity contribution in [2.45, 2.75) is 59.7 Å². The zero-order valence-electron chi connectivity index (χ0n) is 22.0. The third kappa shape index (κ3) is 7.31. The second-order valence-electron chi connectivity index (χ2n) is 9.97. The molecule has 2 aromatic heterocycles. The average molecular weight is 549 g/mol. The third-order valence-corrected chi connectivity index (χ3v) is 6.96. The first kappa shape index (κ1) is 29.1. The minimum absolute atomic E-state index is 0.0404. The van der Waals surface area contributed by atoms with Crippen molar-refractivity contribution in [1.29, 1.82) is 0 Å². The molecule has 0 radical (unpaired) electrons. The largest absolute Gasteiger partial charge is 0.478 e. The van der Waals surface area contributed by atoms with Gasteiger partial charge in [-0.3, -0.25) is 14.4 Å². The summed E-state index contributed by atoms with van der Waals surface area (Å²) in [7, 11) is 0. The van der Waals surface area contributed by atoms with Crippen LogP contribution in [0.2, 0.25) is 5.02 Å². The van der Waals surface area contributed by atoms with Gasteiger partial charge in [-0.15, -0.1) is 0 Å². The lowest BCUT2D eigenvalue weighted by Gasteiger charge is -2.37. The van der Waals surface area contributed by atoms with Crippen molar-refractivity contribution in [2.75, 3.05) is 6.54 Å². The topological polar surface area (TPSA) is 161 Å². The number of hydrogen-bond donors (Lipinski definition) is 3. The first-order valence-corrected chi connectivity index (χ1v) is 12.8. The number of aromatic amines is 1. The van der Waals surface area contributed by atoms with Gasteiger partial charge in [-0.25, -0.2) is 14.8 Å². The SMILES string of the molecule is CC(=O)O[C@H](C(=O)O)[C@H](OC(C)=O)C(=O)NC[C@@H]1C=C(C)[C@H](Cc2nc3ncc(Cl)cc3[nH]2)C[C@H]1C(C)C. The number of hydrogen-bond acceptors (Lipinski definition) is 8. The second kappa shape index (κ2) is 12.4. The molecule has 1 aliphatic carbocycles. The molecule has 0 saturated carbocycles. The molecular formula is C26H33ClN4O7. The summed E-state index contributed by atoms with van der Waals surface area (Å²) in [5, 5.41) is 12.7. The van der Waals surface area contributed by atoms with Crippen LogP contribution in [-0.4, -0.2) is 62.6 Å². The van der Waals surface area contributed by atoms with Gasteiger partial charge in [-0.05, 0) is 43.1 Å². The number of imidazole rings is 1. The van der Waals surface area contributed by atoms with Crippen LogP contribution in [0.5, 0.6) is 0 Å². The van der Waals surface area contributed by atoms with Crippen molar-refractivity contribution in [2.24, 2.45) is 23.7 Å². The fraction of sp³-hybridized carbons (Fsp3) is 0.538. The molecule has 11 nitrogen and oxygen atoms in total. The molecule has 1 amide bonds. The Balaban J connectivity index is 1.74. The molecule has 5 atom stereocenters. The lowest BCUT2D eigenvalue weighted by Crippen LogP contribution is -2.51. The van der Waals surface area contributed by atoms with Crippen LogP contribution in [0.1, 0.15) is 46.9 Å². The number of amides is 1. The number of ether oxygens (including phenoxy) is 2. The van der Waals surface area contributed by atoms with E-state index < -0.39 is 36.0 Å². The van der Waals surface area contributed by atoms with Crippen LogP contribution < -0.4 is 5.32 Å². The summed E-state index contributed by atoms with van der Waals surface area (Å²) < 4.78 is 9.69. The molecule has 0 bridgehead atoms. The van der Waals surface area contributed by atoms with Gasteiger partial charge in [0.05, 0.1) is 10.5 Å². The second-order valence-corrected chi connectivity index (χ2v) is 10.4. The van der Waals surface area contributed by atoms with E-state index in [0.717, 1.165) is 37.2 Å². The Bertz CT molecular complexity index is 1240. The highest BCUT2D eigenvalue weighted by molar-refractivity contribution is 6.31. The molecule has 0 fully saturated rings. The number of nitrogens with zero attached hydrogens (tertiary/aromatic N) is 2. The van der Waals surface area contributed by atoms with Gasteiger partial charge in [0.1, 0.15) is 5.82 Å². The number of esters is 2.